The van der Waals surface area contributed by atoms with Gasteiger partial charge in [-0.3, -0.25) is 4.98 Å². The third-order valence-electron chi connectivity index (χ3n) is 2.95. The average molecular weight is 286 g/mol. The minimum atomic E-state index is 0.699. The molecule has 0 unspecified atom stereocenters. The second-order valence-electron chi connectivity index (χ2n) is 5.09. The van der Waals surface area contributed by atoms with Gasteiger partial charge >= 0.3 is 0 Å². The van der Waals surface area contributed by atoms with Crippen LogP contribution in [0.3, 0.4) is 0 Å². The molecule has 0 amide bonds. The van der Waals surface area contributed by atoms with Crippen LogP contribution in [-0.4, -0.2) is 47.0 Å². The van der Waals surface area contributed by atoms with Gasteiger partial charge in [0.05, 0.1) is 0 Å². The SMILES string of the molecule is CN(C)CCCNc1cc(NCc2cccnc2)ncn1. The van der Waals surface area contributed by atoms with Gasteiger partial charge in [-0.1, -0.05) is 6.07 Å². The third-order valence-corrected chi connectivity index (χ3v) is 2.95. The van der Waals surface area contributed by atoms with Crippen molar-refractivity contribution in [1.82, 2.24) is 19.9 Å². The molecular formula is C15H22N6. The van der Waals surface area contributed by atoms with Crippen molar-refractivity contribution in [2.45, 2.75) is 13.0 Å². The van der Waals surface area contributed by atoms with E-state index >= 15 is 0 Å². The van der Waals surface area contributed by atoms with Crippen molar-refractivity contribution in [3.63, 3.8) is 0 Å². The van der Waals surface area contributed by atoms with Gasteiger partial charge in [-0.2, -0.15) is 0 Å². The number of hydrogen-bond donors (Lipinski definition) is 2. The fraction of sp³-hybridized carbons (Fsp3) is 0.400. The quantitative estimate of drug-likeness (QED) is 0.722. The molecule has 0 saturated carbocycles. The van der Waals surface area contributed by atoms with Crippen molar-refractivity contribution in [3.8, 4) is 0 Å². The van der Waals surface area contributed by atoms with E-state index in [2.05, 4.69) is 44.6 Å². The molecule has 0 aliphatic carbocycles. The van der Waals surface area contributed by atoms with Gasteiger partial charge in [0, 0.05) is 31.5 Å². The summed E-state index contributed by atoms with van der Waals surface area (Å²) in [6.45, 7) is 2.66. The van der Waals surface area contributed by atoms with Crippen LogP contribution >= 0.6 is 0 Å². The average Bonchev–Trinajstić information content (AvgIpc) is 2.51. The largest absolute Gasteiger partial charge is 0.370 e. The molecule has 2 N–H and O–H groups in total. The second-order valence-corrected chi connectivity index (χ2v) is 5.09. The first kappa shape index (κ1) is 15.2. The maximum absolute atomic E-state index is 4.22. The van der Waals surface area contributed by atoms with Crippen LogP contribution in [-0.2, 0) is 6.54 Å². The van der Waals surface area contributed by atoms with Crippen molar-refractivity contribution < 1.29 is 0 Å². The maximum Gasteiger partial charge on any atom is 0.131 e. The van der Waals surface area contributed by atoms with Crippen LogP contribution in [0.2, 0.25) is 0 Å². The molecule has 2 aromatic rings. The van der Waals surface area contributed by atoms with Crippen LogP contribution in [0.15, 0.2) is 36.9 Å². The number of rotatable bonds is 8. The van der Waals surface area contributed by atoms with E-state index in [0.717, 1.165) is 36.7 Å². The predicted molar refractivity (Wildman–Crippen MR) is 85.3 cm³/mol. The van der Waals surface area contributed by atoms with Gasteiger partial charge in [-0.15, -0.1) is 0 Å². The molecule has 21 heavy (non-hydrogen) atoms. The van der Waals surface area contributed by atoms with Crippen molar-refractivity contribution in [2.75, 3.05) is 37.8 Å². The number of nitrogens with one attached hydrogen (secondary N) is 2. The number of pyridine rings is 1. The standard InChI is InChI=1S/C15H22N6/c1-21(2)8-4-7-17-14-9-15(20-12-19-14)18-11-13-5-3-6-16-10-13/h3,5-6,9-10,12H,4,7-8,11H2,1-2H3,(H2,17,18,19,20). The van der Waals surface area contributed by atoms with Crippen molar-refractivity contribution >= 4 is 11.6 Å². The Morgan fingerprint density at radius 3 is 2.67 bits per heavy atom. The zero-order valence-corrected chi connectivity index (χ0v) is 12.6. The zero-order chi connectivity index (χ0) is 14.9. The first-order valence-electron chi connectivity index (χ1n) is 7.07. The summed E-state index contributed by atoms with van der Waals surface area (Å²) in [4.78, 5) is 14.7. The van der Waals surface area contributed by atoms with Crippen LogP contribution in [0.25, 0.3) is 0 Å². The van der Waals surface area contributed by atoms with E-state index in [1.165, 1.54) is 0 Å². The lowest BCUT2D eigenvalue weighted by molar-refractivity contribution is 0.405. The molecule has 0 aliphatic rings. The first-order valence-corrected chi connectivity index (χ1v) is 7.07. The minimum Gasteiger partial charge on any atom is -0.370 e. The van der Waals surface area contributed by atoms with Crippen molar-refractivity contribution in [1.29, 1.82) is 0 Å². The Kier molecular flexibility index (Phi) is 5.90. The van der Waals surface area contributed by atoms with Crippen LogP contribution in [0, 0.1) is 0 Å². The van der Waals surface area contributed by atoms with Crippen LogP contribution in [0.4, 0.5) is 11.6 Å². The number of hydrogen-bond acceptors (Lipinski definition) is 6. The molecule has 2 rings (SSSR count). The van der Waals surface area contributed by atoms with Crippen molar-refractivity contribution in [2.24, 2.45) is 0 Å². The highest BCUT2D eigenvalue weighted by Crippen LogP contribution is 2.10. The molecule has 0 atom stereocenters. The zero-order valence-electron chi connectivity index (χ0n) is 12.6. The fourth-order valence-electron chi connectivity index (χ4n) is 1.86. The molecule has 0 aliphatic heterocycles. The molecule has 6 nitrogen and oxygen atoms in total. The highest BCUT2D eigenvalue weighted by Gasteiger charge is 1.99. The van der Waals surface area contributed by atoms with Crippen LogP contribution in [0.5, 0.6) is 0 Å². The summed E-state index contributed by atoms with van der Waals surface area (Å²) in [5.41, 5.74) is 1.12. The van der Waals surface area contributed by atoms with Crippen LogP contribution in [0.1, 0.15) is 12.0 Å². The Hall–Kier alpha value is -2.21. The molecule has 0 spiro atoms. The van der Waals surface area contributed by atoms with Gasteiger partial charge in [0.25, 0.3) is 0 Å². The van der Waals surface area contributed by atoms with E-state index in [0.29, 0.717) is 6.54 Å². The Balaban J connectivity index is 1.80. The van der Waals surface area contributed by atoms with E-state index < -0.39 is 0 Å². The second kappa shape index (κ2) is 8.16. The van der Waals surface area contributed by atoms with E-state index in [1.807, 2.05) is 24.4 Å². The lowest BCUT2D eigenvalue weighted by Gasteiger charge is -2.11. The fourth-order valence-corrected chi connectivity index (χ4v) is 1.86. The van der Waals surface area contributed by atoms with E-state index in [4.69, 9.17) is 0 Å². The molecule has 0 aromatic carbocycles. The van der Waals surface area contributed by atoms with Gasteiger partial charge in [0.15, 0.2) is 0 Å². The Morgan fingerprint density at radius 1 is 1.14 bits per heavy atom. The smallest absolute Gasteiger partial charge is 0.131 e. The Morgan fingerprint density at radius 2 is 1.95 bits per heavy atom. The van der Waals surface area contributed by atoms with Crippen molar-refractivity contribution in [3.05, 3.63) is 42.5 Å². The molecule has 6 heteroatoms. The highest BCUT2D eigenvalue weighted by molar-refractivity contribution is 5.46. The third kappa shape index (κ3) is 5.74. The van der Waals surface area contributed by atoms with E-state index in [1.54, 1.807) is 12.5 Å². The molecule has 0 radical (unpaired) electrons. The van der Waals surface area contributed by atoms with Gasteiger partial charge < -0.3 is 15.5 Å². The minimum absolute atomic E-state index is 0.699. The Labute approximate surface area is 125 Å². The lowest BCUT2D eigenvalue weighted by atomic mass is 10.3. The number of aromatic nitrogens is 3. The lowest BCUT2D eigenvalue weighted by Crippen LogP contribution is -2.16. The molecule has 112 valence electrons. The maximum atomic E-state index is 4.22. The van der Waals surface area contributed by atoms with Gasteiger partial charge in [0.2, 0.25) is 0 Å². The van der Waals surface area contributed by atoms with E-state index in [9.17, 15) is 0 Å². The van der Waals surface area contributed by atoms with E-state index in [-0.39, 0.29) is 0 Å². The molecule has 2 aromatic heterocycles. The molecule has 0 fully saturated rings. The summed E-state index contributed by atoms with van der Waals surface area (Å²) in [5, 5.41) is 6.58. The summed E-state index contributed by atoms with van der Waals surface area (Å²) in [5.74, 6) is 1.65. The molecule has 0 bridgehead atoms. The monoisotopic (exact) mass is 286 g/mol. The van der Waals surface area contributed by atoms with Gasteiger partial charge in [0.1, 0.15) is 18.0 Å². The normalized spacial score (nSPS) is 10.6. The Bertz CT molecular complexity index is 529. The predicted octanol–water partition coefficient (Wildman–Crippen LogP) is 1.85. The molecular weight excluding hydrogens is 264 g/mol. The summed E-state index contributed by atoms with van der Waals surface area (Å²) >= 11 is 0. The first-order chi connectivity index (χ1) is 10.2. The molecule has 2 heterocycles. The number of anilines is 2. The summed E-state index contributed by atoms with van der Waals surface area (Å²) in [7, 11) is 4.15. The summed E-state index contributed by atoms with van der Waals surface area (Å²) in [6.07, 6.45) is 6.26. The topological polar surface area (TPSA) is 66.0 Å². The highest BCUT2D eigenvalue weighted by atomic mass is 15.1. The summed E-state index contributed by atoms with van der Waals surface area (Å²) in [6, 6.07) is 5.88. The van der Waals surface area contributed by atoms with Crippen LogP contribution < -0.4 is 10.6 Å². The van der Waals surface area contributed by atoms with Gasteiger partial charge in [-0.25, -0.2) is 9.97 Å². The molecule has 0 saturated heterocycles. The number of nitrogens with zero attached hydrogens (tertiary/aromatic N) is 4. The van der Waals surface area contributed by atoms with Gasteiger partial charge in [-0.05, 0) is 38.7 Å². The summed E-state index contributed by atoms with van der Waals surface area (Å²) < 4.78 is 0.